The van der Waals surface area contributed by atoms with Crippen LogP contribution < -0.4 is 5.32 Å². The van der Waals surface area contributed by atoms with Gasteiger partial charge < -0.3 is 5.32 Å². The fourth-order valence-corrected chi connectivity index (χ4v) is 3.82. The molecule has 1 aromatic rings. The van der Waals surface area contributed by atoms with Crippen molar-refractivity contribution in [3.05, 3.63) is 5.82 Å². The molecule has 0 bridgehead atoms. The molecule has 96 valence electrons. The topological polar surface area (TPSA) is 55.6 Å². The first kappa shape index (κ1) is 12.8. The largest absolute Gasteiger partial charge is 0.312 e. The third-order valence-corrected chi connectivity index (χ3v) is 5.01. The average Bonchev–Trinajstić information content (AvgIpc) is 2.88. The molecule has 0 amide bonds. The van der Waals surface area contributed by atoms with Crippen LogP contribution in [0.1, 0.15) is 32.5 Å². The molecule has 5 nitrogen and oxygen atoms in total. The van der Waals surface area contributed by atoms with Crippen LogP contribution in [0.5, 0.6) is 0 Å². The Morgan fingerprint density at radius 2 is 2.41 bits per heavy atom. The van der Waals surface area contributed by atoms with Crippen LogP contribution in [0.15, 0.2) is 0 Å². The van der Waals surface area contributed by atoms with Crippen molar-refractivity contribution in [3.63, 3.8) is 0 Å². The second-order valence-corrected chi connectivity index (χ2v) is 6.40. The molecule has 1 saturated heterocycles. The molecule has 17 heavy (non-hydrogen) atoms. The molecule has 0 aromatic carbocycles. The maximum atomic E-state index is 4.28. The lowest BCUT2D eigenvalue weighted by Crippen LogP contribution is -2.46. The molecule has 1 aliphatic rings. The van der Waals surface area contributed by atoms with Gasteiger partial charge in [0.1, 0.15) is 0 Å². The predicted octanol–water partition coefficient (Wildman–Crippen LogP) is 1.02. The zero-order valence-electron chi connectivity index (χ0n) is 10.8. The van der Waals surface area contributed by atoms with E-state index in [1.54, 1.807) is 0 Å². The molecule has 1 fully saturated rings. The number of nitrogens with zero attached hydrogens (tertiary/aromatic N) is 4. The van der Waals surface area contributed by atoms with Crippen molar-refractivity contribution < 1.29 is 0 Å². The molecule has 1 N–H and O–H groups in total. The maximum Gasteiger partial charge on any atom is 0.176 e. The Morgan fingerprint density at radius 3 is 2.94 bits per heavy atom. The monoisotopic (exact) mass is 255 g/mol. The van der Waals surface area contributed by atoms with Gasteiger partial charge in [0.2, 0.25) is 0 Å². The van der Waals surface area contributed by atoms with Gasteiger partial charge in [0.25, 0.3) is 0 Å². The zero-order valence-corrected chi connectivity index (χ0v) is 11.6. The summed E-state index contributed by atoms with van der Waals surface area (Å²) < 4.78 is 0.315. The Morgan fingerprint density at radius 1 is 1.59 bits per heavy atom. The number of hydrogen-bond donors (Lipinski definition) is 1. The van der Waals surface area contributed by atoms with Gasteiger partial charge in [0, 0.05) is 17.2 Å². The second kappa shape index (κ2) is 5.35. The molecular formula is C11H21N5S. The van der Waals surface area contributed by atoms with Crippen molar-refractivity contribution in [1.82, 2.24) is 25.5 Å². The van der Waals surface area contributed by atoms with Gasteiger partial charge in [-0.2, -0.15) is 16.6 Å². The molecule has 6 heteroatoms. The van der Waals surface area contributed by atoms with Crippen molar-refractivity contribution in [2.75, 3.05) is 12.3 Å². The Kier molecular flexibility index (Phi) is 4.04. The molecule has 0 saturated carbocycles. The highest BCUT2D eigenvalue weighted by Gasteiger charge is 2.38. The van der Waals surface area contributed by atoms with Gasteiger partial charge >= 0.3 is 0 Å². The summed E-state index contributed by atoms with van der Waals surface area (Å²) in [4.78, 5) is 1.53. The van der Waals surface area contributed by atoms with Crippen molar-refractivity contribution in [3.8, 4) is 0 Å². The molecule has 2 heterocycles. The van der Waals surface area contributed by atoms with Crippen molar-refractivity contribution >= 4 is 11.8 Å². The molecular weight excluding hydrogens is 234 g/mol. The molecule has 0 radical (unpaired) electrons. The van der Waals surface area contributed by atoms with Crippen molar-refractivity contribution in [2.24, 2.45) is 7.05 Å². The van der Waals surface area contributed by atoms with Gasteiger partial charge in [0.05, 0.1) is 7.05 Å². The Bertz CT molecular complexity index is 358. The lowest BCUT2D eigenvalue weighted by molar-refractivity contribution is 0.400. The minimum Gasteiger partial charge on any atom is -0.312 e. The number of likely N-dealkylation sites (N-methyl/N-ethyl adjacent to an activating group) is 1. The number of rotatable bonds is 5. The summed E-state index contributed by atoms with van der Waals surface area (Å²) in [6.07, 6.45) is 3.46. The number of nitrogens with one attached hydrogen (secondary N) is 1. The van der Waals surface area contributed by atoms with Gasteiger partial charge in [-0.05, 0) is 37.3 Å². The first-order chi connectivity index (χ1) is 8.14. The SMILES string of the molecule is CCNC(Cc1nnn(C)n1)C1(C)CCCS1. The molecule has 1 aliphatic heterocycles. The summed E-state index contributed by atoms with van der Waals surface area (Å²) in [5.74, 6) is 2.11. The number of hydrogen-bond acceptors (Lipinski definition) is 5. The number of aryl methyl sites for hydroxylation is 1. The fraction of sp³-hybridized carbons (Fsp3) is 0.909. The van der Waals surface area contributed by atoms with Crippen LogP contribution in [0.4, 0.5) is 0 Å². The maximum absolute atomic E-state index is 4.28. The summed E-state index contributed by atoms with van der Waals surface area (Å²) in [7, 11) is 1.81. The van der Waals surface area contributed by atoms with E-state index in [0.717, 1.165) is 18.8 Å². The van der Waals surface area contributed by atoms with Crippen LogP contribution in [0, 0.1) is 0 Å². The van der Waals surface area contributed by atoms with Crippen LogP contribution in [0.3, 0.4) is 0 Å². The molecule has 2 atom stereocenters. The Balaban J connectivity index is 2.06. The first-order valence-corrected chi connectivity index (χ1v) is 7.23. The highest BCUT2D eigenvalue weighted by molar-refractivity contribution is 8.00. The van der Waals surface area contributed by atoms with E-state index >= 15 is 0 Å². The van der Waals surface area contributed by atoms with Crippen LogP contribution >= 0.6 is 11.8 Å². The standard InChI is InChI=1S/C11H21N5S/c1-4-12-9(11(2)6-5-7-17-11)8-10-13-15-16(3)14-10/h9,12H,4-8H2,1-3H3. The minimum absolute atomic E-state index is 0.315. The average molecular weight is 255 g/mol. The van der Waals surface area contributed by atoms with Crippen molar-refractivity contribution in [2.45, 2.75) is 43.9 Å². The molecule has 1 aromatic heterocycles. The molecule has 2 unspecified atom stereocenters. The van der Waals surface area contributed by atoms with E-state index in [2.05, 4.69) is 46.3 Å². The van der Waals surface area contributed by atoms with Crippen LogP contribution in [0.25, 0.3) is 0 Å². The van der Waals surface area contributed by atoms with Gasteiger partial charge in [-0.25, -0.2) is 0 Å². The summed E-state index contributed by atoms with van der Waals surface area (Å²) in [6.45, 7) is 5.50. The van der Waals surface area contributed by atoms with Crippen LogP contribution in [-0.4, -0.2) is 43.3 Å². The van der Waals surface area contributed by atoms with E-state index in [1.165, 1.54) is 23.4 Å². The second-order valence-electron chi connectivity index (χ2n) is 4.77. The first-order valence-electron chi connectivity index (χ1n) is 6.24. The van der Waals surface area contributed by atoms with Gasteiger partial charge in [-0.15, -0.1) is 10.2 Å². The van der Waals surface area contributed by atoms with E-state index in [1.807, 2.05) is 7.05 Å². The summed E-state index contributed by atoms with van der Waals surface area (Å²) in [5.41, 5.74) is 0. The summed E-state index contributed by atoms with van der Waals surface area (Å²) in [6, 6.07) is 0.434. The molecule has 0 aliphatic carbocycles. The Labute approximate surface area is 107 Å². The van der Waals surface area contributed by atoms with E-state index < -0.39 is 0 Å². The van der Waals surface area contributed by atoms with Gasteiger partial charge in [-0.3, -0.25) is 0 Å². The van der Waals surface area contributed by atoms with Crippen LogP contribution in [-0.2, 0) is 13.5 Å². The lowest BCUT2D eigenvalue weighted by atomic mass is 9.93. The third-order valence-electron chi connectivity index (χ3n) is 3.37. The van der Waals surface area contributed by atoms with Crippen molar-refractivity contribution in [1.29, 1.82) is 0 Å². The van der Waals surface area contributed by atoms with E-state index in [4.69, 9.17) is 0 Å². The highest BCUT2D eigenvalue weighted by atomic mass is 32.2. The summed E-state index contributed by atoms with van der Waals surface area (Å²) >= 11 is 2.07. The minimum atomic E-state index is 0.315. The van der Waals surface area contributed by atoms with Crippen LogP contribution in [0.2, 0.25) is 0 Å². The lowest BCUT2D eigenvalue weighted by Gasteiger charge is -2.33. The number of aromatic nitrogens is 4. The normalized spacial score (nSPS) is 26.3. The third kappa shape index (κ3) is 2.98. The van der Waals surface area contributed by atoms with E-state index in [0.29, 0.717) is 10.8 Å². The summed E-state index contributed by atoms with van der Waals surface area (Å²) in [5, 5.41) is 15.9. The molecule has 2 rings (SSSR count). The highest BCUT2D eigenvalue weighted by Crippen LogP contribution is 2.41. The fourth-order valence-electron chi connectivity index (χ4n) is 2.41. The van der Waals surface area contributed by atoms with Gasteiger partial charge in [0.15, 0.2) is 5.82 Å². The smallest absolute Gasteiger partial charge is 0.176 e. The van der Waals surface area contributed by atoms with E-state index in [9.17, 15) is 0 Å². The zero-order chi connectivity index (χ0) is 12.3. The Hall–Kier alpha value is -0.620. The van der Waals surface area contributed by atoms with Gasteiger partial charge in [-0.1, -0.05) is 6.92 Å². The molecule has 0 spiro atoms. The number of tetrazole rings is 1. The quantitative estimate of drug-likeness (QED) is 0.851. The number of thioether (sulfide) groups is 1. The van der Waals surface area contributed by atoms with E-state index in [-0.39, 0.29) is 0 Å². The predicted molar refractivity (Wildman–Crippen MR) is 70.1 cm³/mol.